The molecule has 0 radical (unpaired) electrons. The van der Waals surface area contributed by atoms with E-state index in [2.05, 4.69) is 36.8 Å². The number of carbonyl (C=O) groups is 2. The van der Waals surface area contributed by atoms with E-state index in [9.17, 15) is 9.59 Å². The van der Waals surface area contributed by atoms with Gasteiger partial charge >= 0.3 is 6.03 Å². The number of benzene rings is 2. The lowest BCUT2D eigenvalue weighted by molar-refractivity contribution is 0.101. The Bertz CT molecular complexity index is 1270. The van der Waals surface area contributed by atoms with E-state index in [4.69, 9.17) is 9.72 Å². The normalized spacial score (nSPS) is 15.6. The lowest BCUT2D eigenvalue weighted by Gasteiger charge is -2.41. The number of anilines is 5. The number of para-hydroxylation sites is 2. The van der Waals surface area contributed by atoms with Crippen LogP contribution in [0.5, 0.6) is 0 Å². The van der Waals surface area contributed by atoms with E-state index >= 15 is 0 Å². The summed E-state index contributed by atoms with van der Waals surface area (Å²) in [5.74, 6) is 1.37. The van der Waals surface area contributed by atoms with Crippen LogP contribution in [0.25, 0.3) is 0 Å². The molecule has 3 N–H and O–H groups in total. The van der Waals surface area contributed by atoms with Crippen molar-refractivity contribution >= 4 is 40.6 Å². The Kier molecular flexibility index (Phi) is 7.18. The predicted octanol–water partition coefficient (Wildman–Crippen LogP) is 3.58. The Morgan fingerprint density at radius 1 is 1.00 bits per heavy atom. The van der Waals surface area contributed by atoms with Crippen molar-refractivity contribution in [3.8, 4) is 0 Å². The topological polar surface area (TPSA) is 112 Å². The highest BCUT2D eigenvalue weighted by atomic mass is 16.5. The van der Waals surface area contributed by atoms with E-state index in [-0.39, 0.29) is 17.9 Å². The molecule has 0 unspecified atom stereocenters. The maximum absolute atomic E-state index is 12.4. The average Bonchev–Trinajstić information content (AvgIpc) is 2.88. The number of nitrogens with one attached hydrogen (secondary N) is 3. The number of ether oxygens (including phenoxy) is 1. The van der Waals surface area contributed by atoms with E-state index < -0.39 is 0 Å². The monoisotopic (exact) mass is 501 g/mol. The molecule has 5 rings (SSSR count). The molecule has 0 atom stereocenters. The first-order chi connectivity index (χ1) is 18.0. The minimum Gasteiger partial charge on any atom is -0.378 e. The number of ketones is 1. The van der Waals surface area contributed by atoms with Gasteiger partial charge in [-0.15, -0.1) is 0 Å². The van der Waals surface area contributed by atoms with Gasteiger partial charge in [0.25, 0.3) is 0 Å². The third-order valence-electron chi connectivity index (χ3n) is 6.51. The molecule has 37 heavy (non-hydrogen) atoms. The van der Waals surface area contributed by atoms with Crippen molar-refractivity contribution in [2.45, 2.75) is 19.9 Å². The van der Waals surface area contributed by atoms with E-state index in [1.165, 1.54) is 6.92 Å². The number of hydrogen-bond acceptors (Lipinski definition) is 8. The van der Waals surface area contributed by atoms with Gasteiger partial charge in [-0.3, -0.25) is 4.79 Å². The Morgan fingerprint density at radius 2 is 1.73 bits per heavy atom. The molecule has 0 bridgehead atoms. The average molecular weight is 502 g/mol. The van der Waals surface area contributed by atoms with Gasteiger partial charge in [-0.1, -0.05) is 12.1 Å². The zero-order valence-corrected chi connectivity index (χ0v) is 21.0. The van der Waals surface area contributed by atoms with Crippen molar-refractivity contribution in [3.63, 3.8) is 0 Å². The number of carbonyl (C=O) groups excluding carboxylic acids is 2. The SMILES string of the molecule is CC(=O)c1ccc(NC(=O)NC2CN(c3nc(Nc4ccccc4N4CCOCC4)ncc3C)C2)cc1. The molecule has 2 fully saturated rings. The van der Waals surface area contributed by atoms with Gasteiger partial charge in [-0.05, 0) is 50.2 Å². The van der Waals surface area contributed by atoms with Crippen LogP contribution in [0, 0.1) is 6.92 Å². The fraction of sp³-hybridized carbons (Fsp3) is 0.333. The quantitative estimate of drug-likeness (QED) is 0.421. The Morgan fingerprint density at radius 3 is 2.46 bits per heavy atom. The van der Waals surface area contributed by atoms with Crippen LogP contribution < -0.4 is 25.8 Å². The molecule has 2 aromatic carbocycles. The predicted molar refractivity (Wildman–Crippen MR) is 144 cm³/mol. The van der Waals surface area contributed by atoms with E-state index in [0.717, 1.165) is 35.8 Å². The van der Waals surface area contributed by atoms with Crippen molar-refractivity contribution in [3.05, 3.63) is 65.9 Å². The van der Waals surface area contributed by atoms with E-state index in [1.807, 2.05) is 31.3 Å². The van der Waals surface area contributed by atoms with Gasteiger partial charge in [-0.25, -0.2) is 9.78 Å². The lowest BCUT2D eigenvalue weighted by atomic mass is 10.1. The maximum Gasteiger partial charge on any atom is 0.319 e. The Labute approximate surface area is 216 Å². The smallest absolute Gasteiger partial charge is 0.319 e. The molecule has 2 amide bonds. The third-order valence-corrected chi connectivity index (χ3v) is 6.51. The van der Waals surface area contributed by atoms with Gasteiger partial charge in [0.15, 0.2) is 5.78 Å². The number of hydrogen-bond donors (Lipinski definition) is 3. The van der Waals surface area contributed by atoms with Gasteiger partial charge in [0.05, 0.1) is 30.6 Å². The number of Topliss-reactive ketones (excluding diaryl/α,β-unsaturated/α-hetero) is 1. The highest BCUT2D eigenvalue weighted by Crippen LogP contribution is 2.30. The molecule has 3 heterocycles. The fourth-order valence-corrected chi connectivity index (χ4v) is 4.48. The molecule has 10 heteroatoms. The Balaban J connectivity index is 1.18. The van der Waals surface area contributed by atoms with Gasteiger partial charge in [-0.2, -0.15) is 4.98 Å². The second kappa shape index (κ2) is 10.8. The molecule has 0 aliphatic carbocycles. The number of morpholine rings is 1. The van der Waals surface area contributed by atoms with Crippen molar-refractivity contribution in [1.29, 1.82) is 0 Å². The van der Waals surface area contributed by atoms with Crippen LogP contribution in [0.2, 0.25) is 0 Å². The number of aromatic nitrogens is 2. The fourth-order valence-electron chi connectivity index (χ4n) is 4.48. The lowest BCUT2D eigenvalue weighted by Crippen LogP contribution is -2.60. The summed E-state index contributed by atoms with van der Waals surface area (Å²) < 4.78 is 5.49. The first kappa shape index (κ1) is 24.5. The third kappa shape index (κ3) is 5.80. The summed E-state index contributed by atoms with van der Waals surface area (Å²) in [4.78, 5) is 37.5. The van der Waals surface area contributed by atoms with E-state index in [1.54, 1.807) is 24.3 Å². The number of nitrogens with zero attached hydrogens (tertiary/aromatic N) is 4. The standard InChI is InChI=1S/C27H31N7O3/c1-18-15-28-26(31-23-5-3-4-6-24(23)33-11-13-37-14-12-33)32-25(18)34-16-22(17-34)30-27(36)29-21-9-7-20(8-10-21)19(2)35/h3-10,15,22H,11-14,16-17H2,1-2H3,(H,28,31,32)(H2,29,30,36). The van der Waals surface area contributed by atoms with Gasteiger partial charge < -0.3 is 30.5 Å². The van der Waals surface area contributed by atoms with Gasteiger partial charge in [0, 0.05) is 49.2 Å². The van der Waals surface area contributed by atoms with Gasteiger partial charge in [0.2, 0.25) is 5.95 Å². The summed E-state index contributed by atoms with van der Waals surface area (Å²) in [5, 5.41) is 9.19. The second-order valence-corrected chi connectivity index (χ2v) is 9.28. The molecular weight excluding hydrogens is 470 g/mol. The summed E-state index contributed by atoms with van der Waals surface area (Å²) in [6.45, 7) is 7.92. The first-order valence-corrected chi connectivity index (χ1v) is 12.4. The summed E-state index contributed by atoms with van der Waals surface area (Å²) in [6.07, 6.45) is 1.82. The number of rotatable bonds is 7. The van der Waals surface area contributed by atoms with Crippen LogP contribution in [0.15, 0.2) is 54.7 Å². The largest absolute Gasteiger partial charge is 0.378 e. The minimum absolute atomic E-state index is 0.00399. The van der Waals surface area contributed by atoms with Crippen molar-refractivity contribution in [1.82, 2.24) is 15.3 Å². The number of aryl methyl sites for hydroxylation is 1. The number of urea groups is 1. The van der Waals surface area contributed by atoms with Crippen LogP contribution in [-0.2, 0) is 4.74 Å². The molecule has 2 saturated heterocycles. The van der Waals surface area contributed by atoms with Gasteiger partial charge in [0.1, 0.15) is 5.82 Å². The van der Waals surface area contributed by atoms with Crippen LogP contribution in [0.4, 0.5) is 33.6 Å². The molecule has 0 saturated carbocycles. The Hall–Kier alpha value is -4.18. The summed E-state index contributed by atoms with van der Waals surface area (Å²) in [7, 11) is 0. The molecule has 3 aromatic rings. The molecule has 2 aliphatic rings. The molecule has 2 aliphatic heterocycles. The summed E-state index contributed by atoms with van der Waals surface area (Å²) in [5.41, 5.74) is 4.28. The van der Waals surface area contributed by atoms with Crippen molar-refractivity contribution < 1.29 is 14.3 Å². The summed E-state index contributed by atoms with van der Waals surface area (Å²) in [6, 6.07) is 14.7. The molecular formula is C27H31N7O3. The highest BCUT2D eigenvalue weighted by molar-refractivity contribution is 5.95. The molecule has 1 aromatic heterocycles. The first-order valence-electron chi connectivity index (χ1n) is 12.4. The van der Waals surface area contributed by atoms with Crippen LogP contribution in [0.3, 0.4) is 0 Å². The van der Waals surface area contributed by atoms with E-state index in [0.29, 0.717) is 43.5 Å². The minimum atomic E-state index is -0.276. The highest BCUT2D eigenvalue weighted by Gasteiger charge is 2.30. The number of amides is 2. The van der Waals surface area contributed by atoms with Crippen molar-refractivity contribution in [2.75, 3.05) is 59.8 Å². The summed E-state index contributed by atoms with van der Waals surface area (Å²) >= 11 is 0. The molecule has 192 valence electrons. The molecule has 0 spiro atoms. The van der Waals surface area contributed by atoms with Crippen LogP contribution in [-0.4, -0.2) is 67.2 Å². The second-order valence-electron chi connectivity index (χ2n) is 9.28. The zero-order chi connectivity index (χ0) is 25.8. The molecule has 10 nitrogen and oxygen atoms in total. The maximum atomic E-state index is 12.4. The van der Waals surface area contributed by atoms with Crippen molar-refractivity contribution in [2.24, 2.45) is 0 Å². The van der Waals surface area contributed by atoms with Crippen LogP contribution in [0.1, 0.15) is 22.8 Å². The van der Waals surface area contributed by atoms with Crippen LogP contribution >= 0.6 is 0 Å². The zero-order valence-electron chi connectivity index (χ0n) is 21.0.